The van der Waals surface area contributed by atoms with Gasteiger partial charge >= 0.3 is 0 Å². The Balaban J connectivity index is 4.16. The fraction of sp³-hybridized carbons (Fsp3) is 0.667. The maximum absolute atomic E-state index is 11.8. The highest BCUT2D eigenvalue weighted by molar-refractivity contribution is 5.85. The topological polar surface area (TPSA) is 252 Å². The highest BCUT2D eigenvalue weighted by atomic mass is 16.7. The van der Waals surface area contributed by atoms with E-state index < -0.39 is 18.0 Å². The number of nitrogens with two attached hydrogens (primary N) is 6. The van der Waals surface area contributed by atoms with Gasteiger partial charge in [0.2, 0.25) is 0 Å². The van der Waals surface area contributed by atoms with Crippen LogP contribution in [0.5, 0.6) is 0 Å². The van der Waals surface area contributed by atoms with E-state index in [9.17, 15) is 4.79 Å². The number of guanidine groups is 2. The Labute approximate surface area is 145 Å². The summed E-state index contributed by atoms with van der Waals surface area (Å²) in [6.07, 6.45) is 1.75. The maximum atomic E-state index is 11.8. The van der Waals surface area contributed by atoms with Crippen LogP contribution in [0.3, 0.4) is 0 Å². The van der Waals surface area contributed by atoms with E-state index in [-0.39, 0.29) is 17.8 Å². The number of rotatable bonds is 10. The van der Waals surface area contributed by atoms with E-state index in [4.69, 9.17) is 44.4 Å². The van der Waals surface area contributed by atoms with Crippen LogP contribution < -0.4 is 39.9 Å². The van der Waals surface area contributed by atoms with E-state index in [2.05, 4.69) is 20.6 Å². The van der Waals surface area contributed by atoms with Gasteiger partial charge in [-0.15, -0.1) is 0 Å². The van der Waals surface area contributed by atoms with E-state index in [0.29, 0.717) is 38.8 Å². The molecule has 0 saturated carbocycles. The molecule has 0 aliphatic heterocycles. The summed E-state index contributed by atoms with van der Waals surface area (Å²) in [5.41, 5.74) is 34.3. The van der Waals surface area contributed by atoms with Gasteiger partial charge in [0.15, 0.2) is 11.9 Å². The number of hydroxylamine groups is 1. The highest BCUT2D eigenvalue weighted by Crippen LogP contribution is 2.00. The molecule has 0 aromatic rings. The van der Waals surface area contributed by atoms with Gasteiger partial charge in [-0.05, 0) is 30.8 Å². The minimum Gasteiger partial charge on any atom is -0.408 e. The van der Waals surface area contributed by atoms with Crippen molar-refractivity contribution in [2.45, 2.75) is 37.8 Å². The van der Waals surface area contributed by atoms with Gasteiger partial charge in [-0.2, -0.15) is 5.48 Å². The Morgan fingerprint density at radius 1 is 0.960 bits per heavy atom. The molecule has 0 fully saturated rings. The van der Waals surface area contributed by atoms with Gasteiger partial charge in [-0.1, -0.05) is 0 Å². The van der Waals surface area contributed by atoms with Crippen molar-refractivity contribution in [2.24, 2.45) is 49.5 Å². The second-order valence-electron chi connectivity index (χ2n) is 5.12. The zero-order chi connectivity index (χ0) is 19.2. The molecule has 0 aliphatic rings. The van der Waals surface area contributed by atoms with Gasteiger partial charge in [0.25, 0.3) is 11.8 Å². The minimum absolute atomic E-state index is 0.0260. The number of aliphatic imine (C=N–C) groups is 2. The summed E-state index contributed by atoms with van der Waals surface area (Å²) in [6, 6.07) is -1.59. The van der Waals surface area contributed by atoms with E-state index in [1.807, 2.05) is 0 Å². The van der Waals surface area contributed by atoms with Crippen LogP contribution >= 0.6 is 0 Å². The summed E-state index contributed by atoms with van der Waals surface area (Å²) in [7, 11) is 0. The lowest BCUT2D eigenvalue weighted by atomic mass is 10.1. The van der Waals surface area contributed by atoms with Gasteiger partial charge in [0.05, 0.1) is 12.1 Å². The third kappa shape index (κ3) is 11.4. The summed E-state index contributed by atoms with van der Waals surface area (Å²) < 4.78 is 0. The summed E-state index contributed by atoms with van der Waals surface area (Å²) >= 11 is 0. The summed E-state index contributed by atoms with van der Waals surface area (Å²) in [5.74, 6) is -0.912. The fourth-order valence-corrected chi connectivity index (χ4v) is 1.64. The van der Waals surface area contributed by atoms with Crippen LogP contribution in [0.15, 0.2) is 15.1 Å². The summed E-state index contributed by atoms with van der Waals surface area (Å²) in [4.78, 5) is 24.2. The number of hydrogen-bond donors (Lipinski definition) is 8. The monoisotopic (exact) mass is 360 g/mol. The van der Waals surface area contributed by atoms with Gasteiger partial charge in [-0.25, -0.2) is 0 Å². The standard InChI is InChI=1S/C12H28N10O3/c13-7(3-1-5-19-11(15)16)9(23)22-25-10(21-24)8(14)4-2-6-20-12(17)18/h7-8,24H,1-6,13-14H2,(H,22,23)(H4,15,16,19)(H4,17,18,20)/t7-,8-/m0/s1. The molecule has 144 valence electrons. The average molecular weight is 360 g/mol. The quantitative estimate of drug-likeness (QED) is 0.0633. The third-order valence-electron chi connectivity index (χ3n) is 2.94. The Morgan fingerprint density at radius 3 is 1.88 bits per heavy atom. The largest absolute Gasteiger partial charge is 0.408 e. The summed E-state index contributed by atoms with van der Waals surface area (Å²) in [6.45, 7) is 0.718. The first-order valence-corrected chi connectivity index (χ1v) is 7.58. The third-order valence-corrected chi connectivity index (χ3v) is 2.94. The van der Waals surface area contributed by atoms with Crippen molar-refractivity contribution in [2.75, 3.05) is 13.1 Å². The molecule has 14 N–H and O–H groups in total. The van der Waals surface area contributed by atoms with Gasteiger partial charge in [-0.3, -0.25) is 14.8 Å². The van der Waals surface area contributed by atoms with Crippen LogP contribution in [0, 0.1) is 0 Å². The Bertz CT molecular complexity index is 486. The van der Waals surface area contributed by atoms with Gasteiger partial charge in [0.1, 0.15) is 0 Å². The zero-order valence-electron chi connectivity index (χ0n) is 14.0. The molecule has 0 rings (SSSR count). The number of carbonyl (C=O) groups is 1. The molecule has 0 bridgehead atoms. The lowest BCUT2D eigenvalue weighted by Crippen LogP contribution is -2.44. The number of carbonyl (C=O) groups excluding carboxylic acids is 1. The molecule has 1 amide bonds. The predicted octanol–water partition coefficient (Wildman–Crippen LogP) is -3.42. The van der Waals surface area contributed by atoms with E-state index >= 15 is 0 Å². The average Bonchev–Trinajstić information content (AvgIpc) is 2.55. The molecule has 25 heavy (non-hydrogen) atoms. The molecule has 13 nitrogen and oxygen atoms in total. The van der Waals surface area contributed by atoms with Crippen molar-refractivity contribution in [3.63, 3.8) is 0 Å². The molecule has 13 heteroatoms. The molecule has 0 aliphatic carbocycles. The number of hydrogen-bond acceptors (Lipinski definition) is 8. The first-order valence-electron chi connectivity index (χ1n) is 7.58. The number of amides is 1. The van der Waals surface area contributed by atoms with Crippen molar-refractivity contribution >= 4 is 23.7 Å². The van der Waals surface area contributed by atoms with Crippen LogP contribution in [-0.4, -0.2) is 54.1 Å². The Hall–Kier alpha value is -2.80. The molecule has 0 aromatic heterocycles. The van der Waals surface area contributed by atoms with Crippen molar-refractivity contribution in [3.05, 3.63) is 0 Å². The molecule has 0 radical (unpaired) electrons. The number of nitrogens with zero attached hydrogens (tertiary/aromatic N) is 3. The van der Waals surface area contributed by atoms with Crippen LogP contribution in [0.4, 0.5) is 0 Å². The van der Waals surface area contributed by atoms with E-state index in [0.717, 1.165) is 0 Å². The fourth-order valence-electron chi connectivity index (χ4n) is 1.64. The molecule has 0 spiro atoms. The van der Waals surface area contributed by atoms with Crippen molar-refractivity contribution < 1.29 is 14.8 Å². The van der Waals surface area contributed by atoms with Crippen LogP contribution in [-0.2, 0) is 9.63 Å². The van der Waals surface area contributed by atoms with E-state index in [1.165, 1.54) is 0 Å². The van der Waals surface area contributed by atoms with Crippen LogP contribution in [0.25, 0.3) is 0 Å². The van der Waals surface area contributed by atoms with Crippen LogP contribution in [0.1, 0.15) is 25.7 Å². The normalized spacial score (nSPS) is 13.4. The number of nitrogens with one attached hydrogen (secondary N) is 1. The van der Waals surface area contributed by atoms with Crippen LogP contribution in [0.2, 0.25) is 0 Å². The molecular formula is C12H28N10O3. The Morgan fingerprint density at radius 2 is 1.44 bits per heavy atom. The van der Waals surface area contributed by atoms with Crippen molar-refractivity contribution in [1.29, 1.82) is 0 Å². The number of oxime groups is 1. The molecule has 0 heterocycles. The SMILES string of the molecule is NC(N)=NCCC[C@H](N)C(=O)NOC(=NO)[C@@H](N)CCCN=C(N)N. The second-order valence-corrected chi connectivity index (χ2v) is 5.12. The maximum Gasteiger partial charge on any atom is 0.274 e. The summed E-state index contributed by atoms with van der Waals surface area (Å²) in [5, 5.41) is 11.8. The lowest BCUT2D eigenvalue weighted by Gasteiger charge is -2.15. The first kappa shape index (κ1) is 22.2. The van der Waals surface area contributed by atoms with E-state index in [1.54, 1.807) is 0 Å². The minimum atomic E-state index is -0.841. The lowest BCUT2D eigenvalue weighted by molar-refractivity contribution is -0.130. The van der Waals surface area contributed by atoms with Gasteiger partial charge in [0, 0.05) is 13.1 Å². The predicted molar refractivity (Wildman–Crippen MR) is 94.2 cm³/mol. The molecular weight excluding hydrogens is 332 g/mol. The smallest absolute Gasteiger partial charge is 0.274 e. The van der Waals surface area contributed by atoms with Crippen molar-refractivity contribution in [3.8, 4) is 0 Å². The zero-order valence-corrected chi connectivity index (χ0v) is 14.0. The molecule has 0 saturated heterocycles. The Kier molecular flexibility index (Phi) is 11.2. The second kappa shape index (κ2) is 12.6. The van der Waals surface area contributed by atoms with Crippen molar-refractivity contribution in [1.82, 2.24) is 5.48 Å². The molecule has 0 aromatic carbocycles. The highest BCUT2D eigenvalue weighted by Gasteiger charge is 2.18. The molecule has 0 unspecified atom stereocenters. The van der Waals surface area contributed by atoms with Gasteiger partial charge < -0.3 is 44.4 Å². The molecule has 2 atom stereocenters. The first-order chi connectivity index (χ1) is 11.8.